The van der Waals surface area contributed by atoms with Gasteiger partial charge in [-0.25, -0.2) is 4.98 Å². The molecule has 0 aliphatic heterocycles. The third-order valence-electron chi connectivity index (χ3n) is 3.30. The van der Waals surface area contributed by atoms with E-state index in [4.69, 9.17) is 16.9 Å². The fourth-order valence-corrected chi connectivity index (χ4v) is 3.36. The van der Waals surface area contributed by atoms with E-state index >= 15 is 0 Å². The van der Waals surface area contributed by atoms with Gasteiger partial charge in [-0.2, -0.15) is 5.26 Å². The molecule has 1 aromatic heterocycles. The molecule has 1 amide bonds. The van der Waals surface area contributed by atoms with Gasteiger partial charge in [0, 0.05) is 15.1 Å². The van der Waals surface area contributed by atoms with Crippen molar-refractivity contribution in [2.75, 3.05) is 11.1 Å². The standard InChI is InChI=1S/C17H11BrClN5OS/c18-13-4-2-1-3-12(13)16-22-17(24-23-16)26-9-15(25)21-14-7-11(19)6-5-10(14)8-20/h1-7H,9H2,(H,21,25)(H,22,23,24). The van der Waals surface area contributed by atoms with Crippen molar-refractivity contribution in [3.8, 4) is 17.5 Å². The number of carbonyl (C=O) groups excluding carboxylic acids is 1. The summed E-state index contributed by atoms with van der Waals surface area (Å²) in [6, 6.07) is 14.4. The Labute approximate surface area is 167 Å². The van der Waals surface area contributed by atoms with E-state index in [9.17, 15) is 4.79 Å². The maximum atomic E-state index is 12.1. The highest BCUT2D eigenvalue weighted by atomic mass is 79.9. The lowest BCUT2D eigenvalue weighted by Crippen LogP contribution is -2.15. The quantitative estimate of drug-likeness (QED) is 0.561. The van der Waals surface area contributed by atoms with Crippen LogP contribution in [0.1, 0.15) is 5.56 Å². The molecule has 0 spiro atoms. The SMILES string of the molecule is N#Cc1ccc(Cl)cc1NC(=O)CSc1n[nH]c(-c2ccccc2Br)n1. The number of carbonyl (C=O) groups is 1. The van der Waals surface area contributed by atoms with Crippen molar-refractivity contribution in [2.45, 2.75) is 5.16 Å². The number of hydrogen-bond acceptors (Lipinski definition) is 5. The summed E-state index contributed by atoms with van der Waals surface area (Å²) in [5, 5.41) is 19.6. The zero-order valence-electron chi connectivity index (χ0n) is 13.2. The van der Waals surface area contributed by atoms with E-state index in [1.165, 1.54) is 11.8 Å². The second kappa shape index (κ2) is 8.36. The molecule has 0 aliphatic rings. The Morgan fingerprint density at radius 2 is 2.15 bits per heavy atom. The number of hydrogen-bond donors (Lipinski definition) is 2. The van der Waals surface area contributed by atoms with E-state index in [0.29, 0.717) is 27.3 Å². The lowest BCUT2D eigenvalue weighted by atomic mass is 10.2. The van der Waals surface area contributed by atoms with Crippen molar-refractivity contribution in [1.29, 1.82) is 5.26 Å². The largest absolute Gasteiger partial charge is 0.324 e. The second-order valence-electron chi connectivity index (χ2n) is 5.08. The minimum absolute atomic E-state index is 0.102. The Balaban J connectivity index is 1.63. The molecular formula is C17H11BrClN5OS. The third-order valence-corrected chi connectivity index (χ3v) is 5.08. The van der Waals surface area contributed by atoms with Crippen LogP contribution in [0.25, 0.3) is 11.4 Å². The van der Waals surface area contributed by atoms with Crippen LogP contribution in [0.4, 0.5) is 5.69 Å². The number of benzene rings is 2. The number of nitrogens with one attached hydrogen (secondary N) is 2. The van der Waals surface area contributed by atoms with Crippen molar-refractivity contribution >= 4 is 50.9 Å². The lowest BCUT2D eigenvalue weighted by Gasteiger charge is -2.06. The third kappa shape index (κ3) is 4.43. The van der Waals surface area contributed by atoms with Gasteiger partial charge in [0.2, 0.25) is 11.1 Å². The van der Waals surface area contributed by atoms with Crippen LogP contribution >= 0.6 is 39.3 Å². The summed E-state index contributed by atoms with van der Waals surface area (Å²) in [5.74, 6) is 0.438. The average molecular weight is 449 g/mol. The molecule has 9 heteroatoms. The normalized spacial score (nSPS) is 10.3. The van der Waals surface area contributed by atoms with Gasteiger partial charge >= 0.3 is 0 Å². The van der Waals surface area contributed by atoms with Crippen LogP contribution in [0.5, 0.6) is 0 Å². The number of halogens is 2. The molecule has 0 bridgehead atoms. The molecule has 130 valence electrons. The number of aromatic amines is 1. The lowest BCUT2D eigenvalue weighted by molar-refractivity contribution is -0.113. The van der Waals surface area contributed by atoms with Crippen LogP contribution in [0, 0.1) is 11.3 Å². The summed E-state index contributed by atoms with van der Waals surface area (Å²) in [7, 11) is 0. The molecule has 2 N–H and O–H groups in total. The number of rotatable bonds is 5. The molecule has 0 aliphatic carbocycles. The molecule has 0 radical (unpaired) electrons. The van der Waals surface area contributed by atoms with Gasteiger partial charge in [0.15, 0.2) is 5.82 Å². The molecule has 0 unspecified atom stereocenters. The highest BCUT2D eigenvalue weighted by Crippen LogP contribution is 2.26. The molecule has 3 rings (SSSR count). The molecule has 6 nitrogen and oxygen atoms in total. The molecule has 1 heterocycles. The van der Waals surface area contributed by atoms with E-state index in [1.54, 1.807) is 18.2 Å². The van der Waals surface area contributed by atoms with Crippen molar-refractivity contribution in [2.24, 2.45) is 0 Å². The molecule has 0 fully saturated rings. The van der Waals surface area contributed by atoms with Crippen molar-refractivity contribution in [1.82, 2.24) is 15.2 Å². The monoisotopic (exact) mass is 447 g/mol. The summed E-state index contributed by atoms with van der Waals surface area (Å²) in [4.78, 5) is 16.5. The predicted octanol–water partition coefficient (Wildman–Crippen LogP) is 4.49. The fraction of sp³-hybridized carbons (Fsp3) is 0.0588. The Kier molecular flexibility index (Phi) is 5.93. The summed E-state index contributed by atoms with van der Waals surface area (Å²) in [5.41, 5.74) is 1.62. The van der Waals surface area contributed by atoms with Gasteiger partial charge in [-0.05, 0) is 24.3 Å². The smallest absolute Gasteiger partial charge is 0.234 e. The minimum atomic E-state index is -0.277. The number of nitriles is 1. The maximum absolute atomic E-state index is 12.1. The van der Waals surface area contributed by atoms with Gasteiger partial charge in [0.25, 0.3) is 0 Å². The molecular weight excluding hydrogens is 438 g/mol. The Morgan fingerprint density at radius 1 is 1.35 bits per heavy atom. The highest BCUT2D eigenvalue weighted by Gasteiger charge is 2.12. The Bertz CT molecular complexity index is 1000. The van der Waals surface area contributed by atoms with E-state index < -0.39 is 0 Å². The molecule has 0 saturated heterocycles. The summed E-state index contributed by atoms with van der Waals surface area (Å²) in [6.45, 7) is 0. The first kappa shape index (κ1) is 18.5. The number of nitrogens with zero attached hydrogens (tertiary/aromatic N) is 3. The number of thioether (sulfide) groups is 1. The average Bonchev–Trinajstić information content (AvgIpc) is 3.09. The van der Waals surface area contributed by atoms with E-state index in [0.717, 1.165) is 10.0 Å². The van der Waals surface area contributed by atoms with Crippen LogP contribution in [-0.2, 0) is 4.79 Å². The van der Waals surface area contributed by atoms with Gasteiger partial charge in [0.1, 0.15) is 6.07 Å². The van der Waals surface area contributed by atoms with Gasteiger partial charge in [-0.1, -0.05) is 57.5 Å². The van der Waals surface area contributed by atoms with Gasteiger partial charge in [-0.3, -0.25) is 9.89 Å². The topological polar surface area (TPSA) is 94.5 Å². The van der Waals surface area contributed by atoms with Crippen molar-refractivity contribution in [3.05, 3.63) is 57.5 Å². The number of anilines is 1. The first-order valence-electron chi connectivity index (χ1n) is 7.36. The molecule has 2 aromatic carbocycles. The van der Waals surface area contributed by atoms with Crippen LogP contribution in [-0.4, -0.2) is 26.8 Å². The number of H-pyrrole nitrogens is 1. The van der Waals surface area contributed by atoms with Crippen LogP contribution in [0.3, 0.4) is 0 Å². The summed E-state index contributed by atoms with van der Waals surface area (Å²) in [6.07, 6.45) is 0. The molecule has 0 saturated carbocycles. The molecule has 0 atom stereocenters. The summed E-state index contributed by atoms with van der Waals surface area (Å²) >= 11 is 10.6. The van der Waals surface area contributed by atoms with Gasteiger partial charge in [-0.15, -0.1) is 5.10 Å². The molecule has 26 heavy (non-hydrogen) atoms. The van der Waals surface area contributed by atoms with Gasteiger partial charge in [0.05, 0.1) is 17.0 Å². The summed E-state index contributed by atoms with van der Waals surface area (Å²) < 4.78 is 0.899. The minimum Gasteiger partial charge on any atom is -0.324 e. The van der Waals surface area contributed by atoms with Gasteiger partial charge < -0.3 is 5.32 Å². The first-order valence-corrected chi connectivity index (χ1v) is 9.52. The predicted molar refractivity (Wildman–Crippen MR) is 105 cm³/mol. The fourth-order valence-electron chi connectivity index (χ4n) is 2.12. The second-order valence-corrected chi connectivity index (χ2v) is 7.32. The van der Waals surface area contributed by atoms with E-state index in [1.807, 2.05) is 30.3 Å². The van der Waals surface area contributed by atoms with Crippen LogP contribution < -0.4 is 5.32 Å². The zero-order valence-corrected chi connectivity index (χ0v) is 16.3. The number of aromatic nitrogens is 3. The van der Waals surface area contributed by atoms with E-state index in [-0.39, 0.29) is 11.7 Å². The first-order chi connectivity index (χ1) is 12.6. The number of amides is 1. The van der Waals surface area contributed by atoms with Crippen molar-refractivity contribution < 1.29 is 4.79 Å². The zero-order chi connectivity index (χ0) is 18.5. The van der Waals surface area contributed by atoms with Crippen LogP contribution in [0.15, 0.2) is 52.1 Å². The maximum Gasteiger partial charge on any atom is 0.234 e. The van der Waals surface area contributed by atoms with Crippen LogP contribution in [0.2, 0.25) is 5.02 Å². The highest BCUT2D eigenvalue weighted by molar-refractivity contribution is 9.10. The Hall–Kier alpha value is -2.34. The molecule has 3 aromatic rings. The van der Waals surface area contributed by atoms with E-state index in [2.05, 4.69) is 36.4 Å². The van der Waals surface area contributed by atoms with Crippen molar-refractivity contribution in [3.63, 3.8) is 0 Å². The Morgan fingerprint density at radius 3 is 2.92 bits per heavy atom.